The number of carboxylic acid groups (broad SMARTS) is 1. The lowest BCUT2D eigenvalue weighted by atomic mass is 10.0. The summed E-state index contributed by atoms with van der Waals surface area (Å²) < 4.78 is 12.7. The molecule has 7 nitrogen and oxygen atoms in total. The highest BCUT2D eigenvalue weighted by Gasteiger charge is 2.41. The molecule has 0 bridgehead atoms. The van der Waals surface area contributed by atoms with Crippen LogP contribution >= 0.6 is 0 Å². The van der Waals surface area contributed by atoms with Crippen molar-refractivity contribution < 1.29 is 19.4 Å². The summed E-state index contributed by atoms with van der Waals surface area (Å²) in [6.07, 6.45) is 1.32. The molecule has 0 radical (unpaired) electrons. The Morgan fingerprint density at radius 2 is 2.09 bits per heavy atom. The number of rotatable bonds is 4. The summed E-state index contributed by atoms with van der Waals surface area (Å²) in [6, 6.07) is 1.81. The highest BCUT2D eigenvalue weighted by atomic mass is 16.7. The molecule has 1 fully saturated rings. The molecule has 22 heavy (non-hydrogen) atoms. The van der Waals surface area contributed by atoms with Crippen LogP contribution in [-0.2, 0) is 15.0 Å². The standard InChI is InChI=1S/C15H25N3O4/c1-14(2,3)18-12(16-13(19)20)8-11(17-18)10-6-7-15(9-10,21-4)22-5/h8,10,16H,6-7,9H2,1-5H3,(H,19,20). The van der Waals surface area contributed by atoms with Gasteiger partial charge in [-0.05, 0) is 27.2 Å². The Balaban J connectivity index is 2.30. The van der Waals surface area contributed by atoms with Gasteiger partial charge in [-0.2, -0.15) is 5.10 Å². The highest BCUT2D eigenvalue weighted by Crippen LogP contribution is 2.43. The Bertz CT molecular complexity index is 543. The normalized spacial score (nSPS) is 21.0. The monoisotopic (exact) mass is 311 g/mol. The van der Waals surface area contributed by atoms with Crippen LogP contribution < -0.4 is 5.32 Å². The van der Waals surface area contributed by atoms with Crippen molar-refractivity contribution in [1.82, 2.24) is 9.78 Å². The van der Waals surface area contributed by atoms with E-state index in [1.54, 1.807) is 18.9 Å². The van der Waals surface area contributed by atoms with Gasteiger partial charge in [0.2, 0.25) is 0 Å². The third kappa shape index (κ3) is 3.25. The summed E-state index contributed by atoms with van der Waals surface area (Å²) in [7, 11) is 3.30. The molecule has 1 amide bonds. The third-order valence-corrected chi connectivity index (χ3v) is 4.19. The number of methoxy groups -OCH3 is 2. The molecule has 2 rings (SSSR count). The zero-order valence-electron chi connectivity index (χ0n) is 13.8. The lowest BCUT2D eigenvalue weighted by Gasteiger charge is -2.25. The molecule has 1 aliphatic carbocycles. The molecule has 0 saturated heterocycles. The first-order chi connectivity index (χ1) is 10.2. The molecule has 1 unspecified atom stereocenters. The summed E-state index contributed by atoms with van der Waals surface area (Å²) in [4.78, 5) is 11.0. The van der Waals surface area contributed by atoms with E-state index in [0.717, 1.165) is 18.5 Å². The van der Waals surface area contributed by atoms with Crippen molar-refractivity contribution in [2.24, 2.45) is 0 Å². The number of amides is 1. The zero-order valence-corrected chi connectivity index (χ0v) is 13.8. The van der Waals surface area contributed by atoms with E-state index in [4.69, 9.17) is 14.6 Å². The number of ether oxygens (including phenoxy) is 2. The molecule has 0 spiro atoms. The average Bonchev–Trinajstić information content (AvgIpc) is 3.01. The van der Waals surface area contributed by atoms with Crippen molar-refractivity contribution in [3.63, 3.8) is 0 Å². The van der Waals surface area contributed by atoms with E-state index >= 15 is 0 Å². The van der Waals surface area contributed by atoms with Crippen molar-refractivity contribution in [3.8, 4) is 0 Å². The van der Waals surface area contributed by atoms with Crippen LogP contribution in [0.15, 0.2) is 6.07 Å². The van der Waals surface area contributed by atoms with E-state index in [9.17, 15) is 4.79 Å². The number of nitrogens with zero attached hydrogens (tertiary/aromatic N) is 2. The van der Waals surface area contributed by atoms with Crippen LogP contribution in [0, 0.1) is 0 Å². The van der Waals surface area contributed by atoms with Gasteiger partial charge in [-0.1, -0.05) is 0 Å². The van der Waals surface area contributed by atoms with Gasteiger partial charge in [0.25, 0.3) is 0 Å². The average molecular weight is 311 g/mol. The SMILES string of the molecule is COC1(OC)CCC(c2cc(NC(=O)O)n(C(C)(C)C)n2)C1. The van der Waals surface area contributed by atoms with Gasteiger partial charge < -0.3 is 14.6 Å². The first kappa shape index (κ1) is 16.8. The van der Waals surface area contributed by atoms with Crippen molar-refractivity contribution in [2.75, 3.05) is 19.5 Å². The van der Waals surface area contributed by atoms with Gasteiger partial charge in [0.1, 0.15) is 5.82 Å². The van der Waals surface area contributed by atoms with Gasteiger partial charge in [-0.15, -0.1) is 0 Å². The van der Waals surface area contributed by atoms with Gasteiger partial charge in [0.15, 0.2) is 5.79 Å². The Kier molecular flexibility index (Phi) is 4.49. The first-order valence-corrected chi connectivity index (χ1v) is 7.41. The minimum atomic E-state index is -1.09. The molecule has 1 aromatic heterocycles. The van der Waals surface area contributed by atoms with Crippen molar-refractivity contribution in [2.45, 2.75) is 57.3 Å². The van der Waals surface area contributed by atoms with Crippen LogP contribution in [0.2, 0.25) is 0 Å². The molecule has 1 saturated carbocycles. The van der Waals surface area contributed by atoms with E-state index < -0.39 is 11.9 Å². The van der Waals surface area contributed by atoms with Crippen LogP contribution in [0.5, 0.6) is 0 Å². The van der Waals surface area contributed by atoms with Crippen LogP contribution in [0.4, 0.5) is 10.6 Å². The minimum Gasteiger partial charge on any atom is -0.465 e. The fourth-order valence-electron chi connectivity index (χ4n) is 2.99. The van der Waals surface area contributed by atoms with E-state index in [-0.39, 0.29) is 11.5 Å². The molecule has 2 N–H and O–H groups in total. The van der Waals surface area contributed by atoms with Crippen LogP contribution in [0.3, 0.4) is 0 Å². The second kappa shape index (κ2) is 5.89. The van der Waals surface area contributed by atoms with Crippen molar-refractivity contribution in [3.05, 3.63) is 11.8 Å². The Labute approximate surface area is 130 Å². The number of hydrogen-bond acceptors (Lipinski definition) is 4. The molecule has 1 atom stereocenters. The zero-order chi connectivity index (χ0) is 16.5. The largest absolute Gasteiger partial charge is 0.465 e. The lowest BCUT2D eigenvalue weighted by Crippen LogP contribution is -2.30. The molecule has 0 aromatic carbocycles. The minimum absolute atomic E-state index is 0.192. The summed E-state index contributed by atoms with van der Waals surface area (Å²) in [6.45, 7) is 5.96. The van der Waals surface area contributed by atoms with Crippen molar-refractivity contribution in [1.29, 1.82) is 0 Å². The molecule has 7 heteroatoms. The Morgan fingerprint density at radius 1 is 1.45 bits per heavy atom. The highest BCUT2D eigenvalue weighted by molar-refractivity contribution is 5.81. The molecular formula is C15H25N3O4. The number of hydrogen-bond donors (Lipinski definition) is 2. The van der Waals surface area contributed by atoms with Crippen LogP contribution in [-0.4, -0.2) is 41.0 Å². The van der Waals surface area contributed by atoms with Crippen LogP contribution in [0.25, 0.3) is 0 Å². The molecular weight excluding hydrogens is 286 g/mol. The number of nitrogens with one attached hydrogen (secondary N) is 1. The quantitative estimate of drug-likeness (QED) is 0.835. The van der Waals surface area contributed by atoms with E-state index in [1.165, 1.54) is 0 Å². The number of aromatic nitrogens is 2. The van der Waals surface area contributed by atoms with Crippen molar-refractivity contribution >= 4 is 11.9 Å². The van der Waals surface area contributed by atoms with E-state index in [2.05, 4.69) is 10.4 Å². The predicted molar refractivity (Wildman–Crippen MR) is 82.2 cm³/mol. The maximum atomic E-state index is 11.0. The Hall–Kier alpha value is -1.60. The summed E-state index contributed by atoms with van der Waals surface area (Å²) >= 11 is 0. The molecule has 1 aromatic rings. The fraction of sp³-hybridized carbons (Fsp3) is 0.733. The third-order valence-electron chi connectivity index (χ3n) is 4.19. The molecule has 124 valence electrons. The predicted octanol–water partition coefficient (Wildman–Crippen LogP) is 2.98. The smallest absolute Gasteiger partial charge is 0.410 e. The summed E-state index contributed by atoms with van der Waals surface area (Å²) in [5.41, 5.74) is 0.559. The first-order valence-electron chi connectivity index (χ1n) is 7.41. The van der Waals surface area contributed by atoms with Gasteiger partial charge in [0.05, 0.1) is 11.2 Å². The van der Waals surface area contributed by atoms with Gasteiger partial charge >= 0.3 is 6.09 Å². The van der Waals surface area contributed by atoms with Crippen LogP contribution in [0.1, 0.15) is 51.6 Å². The number of carbonyl (C=O) groups is 1. The molecule has 1 heterocycles. The van der Waals surface area contributed by atoms with E-state index in [0.29, 0.717) is 12.2 Å². The second-order valence-electron chi connectivity index (χ2n) is 6.73. The van der Waals surface area contributed by atoms with Gasteiger partial charge in [-0.3, -0.25) is 5.32 Å². The second-order valence-corrected chi connectivity index (χ2v) is 6.73. The summed E-state index contributed by atoms with van der Waals surface area (Å²) in [5, 5.41) is 16.1. The topological polar surface area (TPSA) is 85.6 Å². The fourth-order valence-corrected chi connectivity index (χ4v) is 2.99. The molecule has 0 aliphatic heterocycles. The molecule has 1 aliphatic rings. The maximum absolute atomic E-state index is 11.0. The number of anilines is 1. The van der Waals surface area contributed by atoms with E-state index in [1.807, 2.05) is 26.8 Å². The van der Waals surface area contributed by atoms with Gasteiger partial charge in [0, 0.05) is 39.0 Å². The Morgan fingerprint density at radius 3 is 2.55 bits per heavy atom. The van der Waals surface area contributed by atoms with Gasteiger partial charge in [-0.25, -0.2) is 9.48 Å². The maximum Gasteiger partial charge on any atom is 0.410 e. The lowest BCUT2D eigenvalue weighted by molar-refractivity contribution is -0.201. The summed E-state index contributed by atoms with van der Waals surface area (Å²) in [5.74, 6) is 0.122.